The van der Waals surface area contributed by atoms with Crippen LogP contribution in [0.15, 0.2) is 84.9 Å². The molecular formula is C21H18O2. The number of aliphatic carboxylic acids is 1. The molecule has 0 aliphatic carbocycles. The monoisotopic (exact) mass is 302 g/mol. The normalized spacial score (nSPS) is 11.2. The van der Waals surface area contributed by atoms with Gasteiger partial charge in [-0.2, -0.15) is 0 Å². The molecule has 3 aromatic rings. The van der Waals surface area contributed by atoms with Crippen LogP contribution in [0.3, 0.4) is 0 Å². The molecule has 2 nitrogen and oxygen atoms in total. The Morgan fingerprint density at radius 2 is 1.09 bits per heavy atom. The van der Waals surface area contributed by atoms with Crippen molar-refractivity contribution in [1.82, 2.24) is 0 Å². The minimum atomic E-state index is -1.21. The SMILES string of the molecule is Cc1ccc(C(C(=O)O)(c2ccccc2)c2ccccc2)cc1. The summed E-state index contributed by atoms with van der Waals surface area (Å²) in [7, 11) is 0. The number of benzene rings is 3. The summed E-state index contributed by atoms with van der Waals surface area (Å²) in [5.74, 6) is -0.876. The summed E-state index contributed by atoms with van der Waals surface area (Å²) in [6.45, 7) is 2.00. The molecule has 0 bridgehead atoms. The summed E-state index contributed by atoms with van der Waals surface area (Å²) < 4.78 is 0. The largest absolute Gasteiger partial charge is 0.480 e. The predicted molar refractivity (Wildman–Crippen MR) is 91.6 cm³/mol. The molecule has 2 heteroatoms. The second-order valence-corrected chi connectivity index (χ2v) is 5.65. The average molecular weight is 302 g/mol. The Morgan fingerprint density at radius 3 is 1.48 bits per heavy atom. The zero-order valence-electron chi connectivity index (χ0n) is 12.9. The van der Waals surface area contributed by atoms with E-state index in [1.54, 1.807) is 0 Å². The topological polar surface area (TPSA) is 37.3 Å². The number of aryl methyl sites for hydroxylation is 1. The van der Waals surface area contributed by atoms with Crippen molar-refractivity contribution in [2.24, 2.45) is 0 Å². The standard InChI is InChI=1S/C21H18O2/c1-16-12-14-19(15-13-16)21(20(22)23,17-8-4-2-5-9-17)18-10-6-3-7-11-18/h2-15H,1H3,(H,22,23). The van der Waals surface area contributed by atoms with Crippen molar-refractivity contribution in [3.05, 3.63) is 107 Å². The molecular weight excluding hydrogens is 284 g/mol. The van der Waals surface area contributed by atoms with Gasteiger partial charge in [0.1, 0.15) is 5.41 Å². The maximum absolute atomic E-state index is 12.5. The number of carboxylic acid groups (broad SMARTS) is 1. The van der Waals surface area contributed by atoms with E-state index in [0.29, 0.717) is 0 Å². The second kappa shape index (κ2) is 6.09. The van der Waals surface area contributed by atoms with Gasteiger partial charge in [0.25, 0.3) is 0 Å². The summed E-state index contributed by atoms with van der Waals surface area (Å²) in [6.07, 6.45) is 0. The molecule has 0 unspecified atom stereocenters. The number of hydrogen-bond donors (Lipinski definition) is 1. The van der Waals surface area contributed by atoms with E-state index in [-0.39, 0.29) is 0 Å². The first-order chi connectivity index (χ1) is 11.2. The third-order valence-corrected chi connectivity index (χ3v) is 4.22. The first-order valence-corrected chi connectivity index (χ1v) is 7.57. The van der Waals surface area contributed by atoms with Gasteiger partial charge in [0.2, 0.25) is 0 Å². The number of rotatable bonds is 4. The first kappa shape index (κ1) is 15.0. The van der Waals surface area contributed by atoms with Crippen LogP contribution in [0, 0.1) is 6.92 Å². The van der Waals surface area contributed by atoms with Crippen molar-refractivity contribution in [1.29, 1.82) is 0 Å². The van der Waals surface area contributed by atoms with Gasteiger partial charge in [-0.05, 0) is 23.6 Å². The molecule has 0 aliphatic rings. The van der Waals surface area contributed by atoms with E-state index in [1.165, 1.54) is 0 Å². The highest BCUT2D eigenvalue weighted by molar-refractivity contribution is 5.90. The van der Waals surface area contributed by atoms with Crippen molar-refractivity contribution < 1.29 is 9.90 Å². The number of hydrogen-bond acceptors (Lipinski definition) is 1. The molecule has 0 saturated heterocycles. The lowest BCUT2D eigenvalue weighted by Crippen LogP contribution is -2.38. The van der Waals surface area contributed by atoms with E-state index in [4.69, 9.17) is 0 Å². The van der Waals surface area contributed by atoms with Crippen LogP contribution in [-0.2, 0) is 10.2 Å². The lowest BCUT2D eigenvalue weighted by atomic mass is 9.69. The maximum Gasteiger partial charge on any atom is 0.323 e. The number of carbonyl (C=O) groups is 1. The third kappa shape index (κ3) is 2.53. The van der Waals surface area contributed by atoms with Crippen molar-refractivity contribution in [3.8, 4) is 0 Å². The molecule has 0 atom stereocenters. The Balaban J connectivity index is 2.36. The molecule has 0 radical (unpaired) electrons. The van der Waals surface area contributed by atoms with Crippen LogP contribution in [-0.4, -0.2) is 11.1 Å². The summed E-state index contributed by atoms with van der Waals surface area (Å²) >= 11 is 0. The Labute approximate surface area is 136 Å². The van der Waals surface area contributed by atoms with Crippen LogP contribution in [0.4, 0.5) is 0 Å². The van der Waals surface area contributed by atoms with Crippen LogP contribution >= 0.6 is 0 Å². The van der Waals surface area contributed by atoms with Gasteiger partial charge in [0.05, 0.1) is 0 Å². The van der Waals surface area contributed by atoms with Gasteiger partial charge in [0.15, 0.2) is 0 Å². The van der Waals surface area contributed by atoms with Gasteiger partial charge < -0.3 is 5.11 Å². The van der Waals surface area contributed by atoms with Gasteiger partial charge in [-0.25, -0.2) is 0 Å². The van der Waals surface area contributed by atoms with Crippen LogP contribution in [0.2, 0.25) is 0 Å². The van der Waals surface area contributed by atoms with Gasteiger partial charge in [-0.3, -0.25) is 4.79 Å². The highest BCUT2D eigenvalue weighted by Gasteiger charge is 2.43. The zero-order valence-corrected chi connectivity index (χ0v) is 12.9. The molecule has 0 aliphatic heterocycles. The fourth-order valence-electron chi connectivity index (χ4n) is 3.05. The lowest BCUT2D eigenvalue weighted by Gasteiger charge is -2.31. The molecule has 1 N–H and O–H groups in total. The Bertz CT molecular complexity index is 751. The van der Waals surface area contributed by atoms with Crippen molar-refractivity contribution in [3.63, 3.8) is 0 Å². The van der Waals surface area contributed by atoms with E-state index in [0.717, 1.165) is 22.3 Å². The molecule has 3 aromatic carbocycles. The summed E-state index contributed by atoms with van der Waals surface area (Å²) in [5, 5.41) is 10.3. The van der Waals surface area contributed by atoms with Gasteiger partial charge in [-0.1, -0.05) is 90.5 Å². The Kier molecular flexibility index (Phi) is 3.98. The maximum atomic E-state index is 12.5. The summed E-state index contributed by atoms with van der Waals surface area (Å²) in [5.41, 5.74) is 2.16. The zero-order chi connectivity index (χ0) is 16.3. The lowest BCUT2D eigenvalue weighted by molar-refractivity contribution is -0.140. The van der Waals surface area contributed by atoms with Crippen LogP contribution < -0.4 is 0 Å². The molecule has 0 spiro atoms. The van der Waals surface area contributed by atoms with Crippen molar-refractivity contribution >= 4 is 5.97 Å². The molecule has 3 rings (SSSR count). The first-order valence-electron chi connectivity index (χ1n) is 7.57. The second-order valence-electron chi connectivity index (χ2n) is 5.65. The van der Waals surface area contributed by atoms with Crippen LogP contribution in [0.1, 0.15) is 22.3 Å². The van der Waals surface area contributed by atoms with E-state index in [1.807, 2.05) is 91.9 Å². The van der Waals surface area contributed by atoms with Gasteiger partial charge >= 0.3 is 5.97 Å². The Morgan fingerprint density at radius 1 is 0.696 bits per heavy atom. The third-order valence-electron chi connectivity index (χ3n) is 4.22. The smallest absolute Gasteiger partial charge is 0.323 e. The van der Waals surface area contributed by atoms with Gasteiger partial charge in [0, 0.05) is 0 Å². The minimum absolute atomic E-state index is 0.752. The van der Waals surface area contributed by atoms with E-state index in [2.05, 4.69) is 0 Å². The molecule has 0 saturated carbocycles. The highest BCUT2D eigenvalue weighted by Crippen LogP contribution is 2.39. The van der Waals surface area contributed by atoms with E-state index < -0.39 is 11.4 Å². The van der Waals surface area contributed by atoms with Gasteiger partial charge in [-0.15, -0.1) is 0 Å². The quantitative estimate of drug-likeness (QED) is 0.725. The molecule has 114 valence electrons. The fraction of sp³-hybridized carbons (Fsp3) is 0.0952. The van der Waals surface area contributed by atoms with Crippen LogP contribution in [0.5, 0.6) is 0 Å². The molecule has 0 amide bonds. The molecule has 23 heavy (non-hydrogen) atoms. The highest BCUT2D eigenvalue weighted by atomic mass is 16.4. The van der Waals surface area contributed by atoms with Crippen LogP contribution in [0.25, 0.3) is 0 Å². The molecule has 0 aromatic heterocycles. The average Bonchev–Trinajstić information content (AvgIpc) is 2.59. The van der Waals surface area contributed by atoms with E-state index >= 15 is 0 Å². The number of carboxylic acids is 1. The fourth-order valence-corrected chi connectivity index (χ4v) is 3.05. The van der Waals surface area contributed by atoms with Crippen molar-refractivity contribution in [2.75, 3.05) is 0 Å². The Hall–Kier alpha value is -2.87. The predicted octanol–water partition coefficient (Wildman–Crippen LogP) is 4.41. The summed E-state index contributed by atoms with van der Waals surface area (Å²) in [6, 6.07) is 26.5. The minimum Gasteiger partial charge on any atom is -0.480 e. The van der Waals surface area contributed by atoms with Crippen molar-refractivity contribution in [2.45, 2.75) is 12.3 Å². The molecule has 0 fully saturated rings. The van der Waals surface area contributed by atoms with E-state index in [9.17, 15) is 9.90 Å². The summed E-state index contributed by atoms with van der Waals surface area (Å²) in [4.78, 5) is 12.5. The molecule has 0 heterocycles.